The summed E-state index contributed by atoms with van der Waals surface area (Å²) in [7, 11) is 0. The highest BCUT2D eigenvalue weighted by Gasteiger charge is 2.29. The molecule has 3 rings (SSSR count). The molecular formula is C18H17F2NO3. The first-order valence-electron chi connectivity index (χ1n) is 7.86. The van der Waals surface area contributed by atoms with Gasteiger partial charge in [0.2, 0.25) is 5.43 Å². The summed E-state index contributed by atoms with van der Waals surface area (Å²) in [5, 5.41) is -0.0144. The summed E-state index contributed by atoms with van der Waals surface area (Å²) in [4.78, 5) is 24.7. The van der Waals surface area contributed by atoms with E-state index >= 15 is 0 Å². The average Bonchev–Trinajstić information content (AvgIpc) is 3.38. The van der Waals surface area contributed by atoms with Gasteiger partial charge in [-0.25, -0.2) is 13.6 Å². The largest absolute Gasteiger partial charge is 0.462 e. The van der Waals surface area contributed by atoms with Gasteiger partial charge in [-0.3, -0.25) is 4.79 Å². The van der Waals surface area contributed by atoms with Gasteiger partial charge >= 0.3 is 5.97 Å². The van der Waals surface area contributed by atoms with E-state index in [2.05, 4.69) is 0 Å². The van der Waals surface area contributed by atoms with E-state index in [1.54, 1.807) is 24.5 Å². The van der Waals surface area contributed by atoms with Gasteiger partial charge in [0.1, 0.15) is 5.56 Å². The van der Waals surface area contributed by atoms with Gasteiger partial charge in [0.15, 0.2) is 11.6 Å². The number of halogens is 2. The number of benzene rings is 1. The molecule has 4 nitrogen and oxygen atoms in total. The predicted octanol–water partition coefficient (Wildman–Crippen LogP) is 3.82. The average molecular weight is 333 g/mol. The molecule has 0 atom stereocenters. The molecule has 1 heterocycles. The van der Waals surface area contributed by atoms with Crippen LogP contribution in [-0.4, -0.2) is 17.1 Å². The third-order valence-corrected chi connectivity index (χ3v) is 4.01. The molecule has 126 valence electrons. The maximum Gasteiger partial charge on any atom is 0.343 e. The summed E-state index contributed by atoms with van der Waals surface area (Å²) < 4.78 is 34.8. The number of aromatic nitrogens is 1. The van der Waals surface area contributed by atoms with Crippen LogP contribution in [0, 0.1) is 11.6 Å². The zero-order valence-corrected chi connectivity index (χ0v) is 13.4. The maximum atomic E-state index is 14.3. The highest BCUT2D eigenvalue weighted by atomic mass is 19.2. The van der Waals surface area contributed by atoms with Gasteiger partial charge in [0.05, 0.1) is 17.5 Å². The van der Waals surface area contributed by atoms with Gasteiger partial charge in [0, 0.05) is 17.8 Å². The lowest BCUT2D eigenvalue weighted by Gasteiger charge is -2.15. The predicted molar refractivity (Wildman–Crippen MR) is 87.1 cm³/mol. The number of ether oxygens (including phenoxy) is 1. The molecule has 2 aromatic rings. The lowest BCUT2D eigenvalue weighted by Crippen LogP contribution is -2.21. The molecule has 1 aromatic carbocycles. The summed E-state index contributed by atoms with van der Waals surface area (Å²) in [6, 6.07) is 0.928. The molecule has 0 aliphatic heterocycles. The van der Waals surface area contributed by atoms with Crippen LogP contribution in [0.4, 0.5) is 8.78 Å². The Bertz CT molecular complexity index is 911. The number of allylic oxidation sites excluding steroid dienone is 1. The molecule has 1 aliphatic carbocycles. The van der Waals surface area contributed by atoms with Crippen LogP contribution in [0.2, 0.25) is 0 Å². The Hall–Kier alpha value is -2.50. The number of rotatable bonds is 4. The molecule has 1 fully saturated rings. The van der Waals surface area contributed by atoms with E-state index in [1.807, 2.05) is 0 Å². The van der Waals surface area contributed by atoms with Crippen molar-refractivity contribution >= 4 is 22.9 Å². The van der Waals surface area contributed by atoms with Crippen LogP contribution in [0.15, 0.2) is 23.1 Å². The minimum Gasteiger partial charge on any atom is -0.462 e. The highest BCUT2D eigenvalue weighted by Crippen LogP contribution is 2.38. The Kier molecular flexibility index (Phi) is 4.22. The van der Waals surface area contributed by atoms with Crippen molar-refractivity contribution in [2.45, 2.75) is 32.7 Å². The van der Waals surface area contributed by atoms with E-state index in [4.69, 9.17) is 4.74 Å². The fourth-order valence-electron chi connectivity index (χ4n) is 2.81. The normalized spacial score (nSPS) is 14.5. The zero-order valence-electron chi connectivity index (χ0n) is 13.4. The molecule has 1 aromatic heterocycles. The van der Waals surface area contributed by atoms with Gasteiger partial charge in [-0.15, -0.1) is 0 Å². The van der Waals surface area contributed by atoms with Crippen molar-refractivity contribution in [3.8, 4) is 0 Å². The van der Waals surface area contributed by atoms with E-state index < -0.39 is 23.0 Å². The van der Waals surface area contributed by atoms with Gasteiger partial charge in [-0.1, -0.05) is 12.2 Å². The zero-order chi connectivity index (χ0) is 17.4. The van der Waals surface area contributed by atoms with E-state index in [9.17, 15) is 18.4 Å². The summed E-state index contributed by atoms with van der Waals surface area (Å²) >= 11 is 0. The molecule has 6 heteroatoms. The highest BCUT2D eigenvalue weighted by molar-refractivity contribution is 5.96. The third kappa shape index (κ3) is 2.62. The first kappa shape index (κ1) is 16.4. The smallest absolute Gasteiger partial charge is 0.343 e. The number of hydrogen-bond donors (Lipinski definition) is 0. The van der Waals surface area contributed by atoms with Crippen LogP contribution in [0.25, 0.3) is 17.0 Å². The monoisotopic (exact) mass is 333 g/mol. The van der Waals surface area contributed by atoms with Gasteiger partial charge < -0.3 is 9.30 Å². The van der Waals surface area contributed by atoms with Crippen LogP contribution < -0.4 is 5.43 Å². The van der Waals surface area contributed by atoms with Crippen molar-refractivity contribution in [2.75, 3.05) is 6.61 Å². The van der Waals surface area contributed by atoms with Crippen LogP contribution >= 0.6 is 0 Å². The van der Waals surface area contributed by atoms with Crippen molar-refractivity contribution in [3.05, 3.63) is 51.3 Å². The number of esters is 1. The second-order valence-corrected chi connectivity index (χ2v) is 5.71. The quantitative estimate of drug-likeness (QED) is 0.799. The van der Waals surface area contributed by atoms with E-state index in [-0.39, 0.29) is 29.2 Å². The van der Waals surface area contributed by atoms with Crippen LogP contribution in [-0.2, 0) is 4.74 Å². The molecule has 0 radical (unpaired) electrons. The van der Waals surface area contributed by atoms with Gasteiger partial charge in [-0.05, 0) is 32.8 Å². The lowest BCUT2D eigenvalue weighted by molar-refractivity contribution is 0.0524. The molecule has 0 unspecified atom stereocenters. The molecular weight excluding hydrogens is 316 g/mol. The fourth-order valence-corrected chi connectivity index (χ4v) is 2.81. The van der Waals surface area contributed by atoms with Crippen molar-refractivity contribution in [2.24, 2.45) is 0 Å². The van der Waals surface area contributed by atoms with Gasteiger partial charge in [0.25, 0.3) is 0 Å². The summed E-state index contributed by atoms with van der Waals surface area (Å²) in [5.74, 6) is -2.87. The summed E-state index contributed by atoms with van der Waals surface area (Å²) in [6.07, 6.45) is 6.13. The first-order chi connectivity index (χ1) is 11.5. The first-order valence-corrected chi connectivity index (χ1v) is 7.86. The van der Waals surface area contributed by atoms with Crippen LogP contribution in [0.1, 0.15) is 48.7 Å². The molecule has 0 bridgehead atoms. The molecule has 0 amide bonds. The number of hydrogen-bond acceptors (Lipinski definition) is 3. The Morgan fingerprint density at radius 2 is 2.12 bits per heavy atom. The SMILES string of the molecule is C/C=C\c1c(F)c(F)cc2c(=O)c(C(=O)OCC)cn(C3CC3)c12. The van der Waals surface area contributed by atoms with Gasteiger partial charge in [-0.2, -0.15) is 0 Å². The molecule has 0 N–H and O–H groups in total. The van der Waals surface area contributed by atoms with Crippen molar-refractivity contribution in [3.63, 3.8) is 0 Å². The van der Waals surface area contributed by atoms with E-state index in [0.717, 1.165) is 18.9 Å². The number of carbonyl (C=O) groups excluding carboxylic acids is 1. The van der Waals surface area contributed by atoms with Crippen molar-refractivity contribution in [1.82, 2.24) is 4.57 Å². The van der Waals surface area contributed by atoms with Crippen molar-refractivity contribution in [1.29, 1.82) is 0 Å². The second-order valence-electron chi connectivity index (χ2n) is 5.71. The minimum absolute atomic E-state index is 0.0144. The molecule has 24 heavy (non-hydrogen) atoms. The minimum atomic E-state index is -1.11. The third-order valence-electron chi connectivity index (χ3n) is 4.01. The molecule has 1 aliphatic rings. The molecule has 0 saturated heterocycles. The van der Waals surface area contributed by atoms with Crippen LogP contribution in [0.5, 0.6) is 0 Å². The summed E-state index contributed by atoms with van der Waals surface area (Å²) in [5.41, 5.74) is -0.474. The Balaban J connectivity index is 2.43. The topological polar surface area (TPSA) is 48.3 Å². The fraction of sp³-hybridized carbons (Fsp3) is 0.333. The summed E-state index contributed by atoms with van der Waals surface area (Å²) in [6.45, 7) is 3.45. The number of pyridine rings is 1. The second kappa shape index (κ2) is 6.19. The van der Waals surface area contributed by atoms with Crippen LogP contribution in [0.3, 0.4) is 0 Å². The van der Waals surface area contributed by atoms with E-state index in [1.165, 1.54) is 12.3 Å². The maximum absolute atomic E-state index is 14.3. The van der Waals surface area contributed by atoms with E-state index in [0.29, 0.717) is 5.52 Å². The molecule has 0 spiro atoms. The Labute approximate surface area is 137 Å². The lowest BCUT2D eigenvalue weighted by atomic mass is 10.0. The molecule has 1 saturated carbocycles. The Morgan fingerprint density at radius 3 is 2.71 bits per heavy atom. The Morgan fingerprint density at radius 1 is 1.42 bits per heavy atom. The van der Waals surface area contributed by atoms with Crippen molar-refractivity contribution < 1.29 is 18.3 Å². The number of carbonyl (C=O) groups is 1. The standard InChI is InChI=1S/C18H17F2NO3/c1-3-5-11-15(20)14(19)8-12-16(11)21(10-6-7-10)9-13(17(12)22)18(23)24-4-2/h3,5,8-10H,4,6-7H2,1-2H3/b5-3-. The number of fused-ring (bicyclic) bond motifs is 1. The number of nitrogens with zero attached hydrogens (tertiary/aromatic N) is 1.